The number of rotatable bonds is 5. The second-order valence-corrected chi connectivity index (χ2v) is 5.65. The van der Waals surface area contributed by atoms with Crippen LogP contribution < -0.4 is 5.32 Å². The molecule has 4 heteroatoms. The van der Waals surface area contributed by atoms with E-state index in [1.165, 1.54) is 16.9 Å². The summed E-state index contributed by atoms with van der Waals surface area (Å²) in [4.78, 5) is 4.39. The maximum absolute atomic E-state index is 4.39. The van der Waals surface area contributed by atoms with Gasteiger partial charge in [0.15, 0.2) is 0 Å². The zero-order valence-electron chi connectivity index (χ0n) is 11.7. The SMILES string of the molecule is CCCNCc1ccc(Br)cc1-n1cnc(C)c1C. The highest BCUT2D eigenvalue weighted by Gasteiger charge is 2.09. The third-order valence-electron chi connectivity index (χ3n) is 3.30. The van der Waals surface area contributed by atoms with E-state index in [9.17, 15) is 0 Å². The number of aromatic nitrogens is 2. The van der Waals surface area contributed by atoms with Crippen molar-refractivity contribution < 1.29 is 0 Å². The molecule has 0 atom stereocenters. The standard InChI is InChI=1S/C15H20BrN3/c1-4-7-17-9-13-5-6-14(16)8-15(13)19-10-18-11(2)12(19)3/h5-6,8,10,17H,4,7,9H2,1-3H3. The molecule has 0 saturated heterocycles. The summed E-state index contributed by atoms with van der Waals surface area (Å²) >= 11 is 3.55. The Kier molecular flexibility index (Phi) is 4.77. The third kappa shape index (κ3) is 3.25. The topological polar surface area (TPSA) is 29.9 Å². The smallest absolute Gasteiger partial charge is 0.0997 e. The summed E-state index contributed by atoms with van der Waals surface area (Å²) in [6.07, 6.45) is 3.05. The number of aryl methyl sites for hydroxylation is 1. The zero-order valence-corrected chi connectivity index (χ0v) is 13.3. The third-order valence-corrected chi connectivity index (χ3v) is 3.79. The first-order valence-corrected chi connectivity index (χ1v) is 7.42. The van der Waals surface area contributed by atoms with Crippen LogP contribution in [0.2, 0.25) is 0 Å². The first-order chi connectivity index (χ1) is 9.13. The Labute approximate surface area is 123 Å². The van der Waals surface area contributed by atoms with Crippen LogP contribution in [-0.2, 0) is 6.54 Å². The monoisotopic (exact) mass is 321 g/mol. The Morgan fingerprint density at radius 3 is 2.74 bits per heavy atom. The van der Waals surface area contributed by atoms with Crippen molar-refractivity contribution in [1.82, 2.24) is 14.9 Å². The molecule has 0 unspecified atom stereocenters. The number of halogens is 1. The molecule has 0 aliphatic rings. The Morgan fingerprint density at radius 1 is 1.32 bits per heavy atom. The molecule has 1 N–H and O–H groups in total. The Bertz CT molecular complexity index is 561. The molecule has 0 saturated carbocycles. The highest BCUT2D eigenvalue weighted by Crippen LogP contribution is 2.22. The minimum Gasteiger partial charge on any atom is -0.313 e. The van der Waals surface area contributed by atoms with Crippen LogP contribution in [0.5, 0.6) is 0 Å². The van der Waals surface area contributed by atoms with E-state index in [-0.39, 0.29) is 0 Å². The van der Waals surface area contributed by atoms with Gasteiger partial charge in [-0.1, -0.05) is 28.9 Å². The molecule has 0 bridgehead atoms. The van der Waals surface area contributed by atoms with Crippen molar-refractivity contribution in [3.8, 4) is 5.69 Å². The van der Waals surface area contributed by atoms with Crippen LogP contribution in [0.25, 0.3) is 5.69 Å². The van der Waals surface area contributed by atoms with E-state index in [4.69, 9.17) is 0 Å². The van der Waals surface area contributed by atoms with E-state index in [0.717, 1.165) is 29.7 Å². The number of nitrogens with one attached hydrogen (secondary N) is 1. The molecule has 3 nitrogen and oxygen atoms in total. The molecule has 0 fully saturated rings. The molecule has 0 aliphatic heterocycles. The van der Waals surface area contributed by atoms with Crippen molar-refractivity contribution in [3.05, 3.63) is 46.0 Å². The average molecular weight is 322 g/mol. The Hall–Kier alpha value is -1.13. The number of imidazole rings is 1. The largest absolute Gasteiger partial charge is 0.313 e. The van der Waals surface area contributed by atoms with Gasteiger partial charge in [0.25, 0.3) is 0 Å². The van der Waals surface area contributed by atoms with Crippen LogP contribution in [-0.4, -0.2) is 16.1 Å². The second-order valence-electron chi connectivity index (χ2n) is 4.74. The first-order valence-electron chi connectivity index (χ1n) is 6.63. The van der Waals surface area contributed by atoms with Crippen LogP contribution >= 0.6 is 15.9 Å². The number of nitrogens with zero attached hydrogens (tertiary/aromatic N) is 2. The molecule has 2 aromatic rings. The van der Waals surface area contributed by atoms with Gasteiger partial charge < -0.3 is 9.88 Å². The molecule has 0 radical (unpaired) electrons. The summed E-state index contributed by atoms with van der Waals surface area (Å²) in [6.45, 7) is 8.24. The minimum atomic E-state index is 0.882. The van der Waals surface area contributed by atoms with Crippen molar-refractivity contribution in [1.29, 1.82) is 0 Å². The molecular formula is C15H20BrN3. The van der Waals surface area contributed by atoms with Crippen molar-refractivity contribution in [3.63, 3.8) is 0 Å². The van der Waals surface area contributed by atoms with E-state index in [0.29, 0.717) is 0 Å². The van der Waals surface area contributed by atoms with Gasteiger partial charge in [-0.3, -0.25) is 0 Å². The molecule has 0 spiro atoms. The lowest BCUT2D eigenvalue weighted by Gasteiger charge is -2.13. The molecule has 0 aliphatic carbocycles. The maximum atomic E-state index is 4.39. The van der Waals surface area contributed by atoms with E-state index < -0.39 is 0 Å². The summed E-state index contributed by atoms with van der Waals surface area (Å²) in [5.41, 5.74) is 4.75. The van der Waals surface area contributed by atoms with E-state index in [1.54, 1.807) is 0 Å². The fraction of sp³-hybridized carbons (Fsp3) is 0.400. The van der Waals surface area contributed by atoms with Crippen LogP contribution in [0.15, 0.2) is 29.0 Å². The molecule has 1 aromatic carbocycles. The summed E-state index contributed by atoms with van der Waals surface area (Å²) in [6, 6.07) is 6.40. The lowest BCUT2D eigenvalue weighted by atomic mass is 10.1. The first kappa shape index (κ1) is 14.3. The predicted molar refractivity (Wildman–Crippen MR) is 82.7 cm³/mol. The fourth-order valence-electron chi connectivity index (χ4n) is 2.05. The maximum Gasteiger partial charge on any atom is 0.0997 e. The van der Waals surface area contributed by atoms with E-state index in [1.807, 2.05) is 13.3 Å². The lowest BCUT2D eigenvalue weighted by Crippen LogP contribution is -2.15. The van der Waals surface area contributed by atoms with Crippen LogP contribution in [0.1, 0.15) is 30.3 Å². The Balaban J connectivity index is 2.37. The highest BCUT2D eigenvalue weighted by atomic mass is 79.9. The molecular weight excluding hydrogens is 302 g/mol. The second kappa shape index (κ2) is 6.35. The summed E-state index contributed by atoms with van der Waals surface area (Å²) in [5, 5.41) is 3.46. The minimum absolute atomic E-state index is 0.882. The van der Waals surface area contributed by atoms with Crippen LogP contribution in [0.4, 0.5) is 0 Å². The molecule has 2 rings (SSSR count). The number of benzene rings is 1. The summed E-state index contributed by atoms with van der Waals surface area (Å²) < 4.78 is 3.25. The van der Waals surface area contributed by atoms with Crippen molar-refractivity contribution in [2.24, 2.45) is 0 Å². The fourth-order valence-corrected chi connectivity index (χ4v) is 2.40. The normalized spacial score (nSPS) is 10.9. The van der Waals surface area contributed by atoms with Crippen molar-refractivity contribution in [2.75, 3.05) is 6.54 Å². The average Bonchev–Trinajstić information content (AvgIpc) is 2.72. The lowest BCUT2D eigenvalue weighted by molar-refractivity contribution is 0.672. The van der Waals surface area contributed by atoms with Crippen molar-refractivity contribution in [2.45, 2.75) is 33.7 Å². The summed E-state index contributed by atoms with van der Waals surface area (Å²) in [5.74, 6) is 0. The quantitative estimate of drug-likeness (QED) is 0.850. The molecule has 102 valence electrons. The Morgan fingerprint density at radius 2 is 2.11 bits per heavy atom. The molecule has 19 heavy (non-hydrogen) atoms. The zero-order chi connectivity index (χ0) is 13.8. The number of hydrogen-bond donors (Lipinski definition) is 1. The van der Waals surface area contributed by atoms with Gasteiger partial charge in [-0.05, 0) is 44.5 Å². The van der Waals surface area contributed by atoms with E-state index >= 15 is 0 Å². The van der Waals surface area contributed by atoms with Crippen LogP contribution in [0.3, 0.4) is 0 Å². The van der Waals surface area contributed by atoms with Gasteiger partial charge in [-0.2, -0.15) is 0 Å². The van der Waals surface area contributed by atoms with Gasteiger partial charge >= 0.3 is 0 Å². The van der Waals surface area contributed by atoms with Crippen molar-refractivity contribution >= 4 is 15.9 Å². The van der Waals surface area contributed by atoms with Crippen LogP contribution in [0, 0.1) is 13.8 Å². The van der Waals surface area contributed by atoms with Gasteiger partial charge in [0.2, 0.25) is 0 Å². The van der Waals surface area contributed by atoms with Gasteiger partial charge in [0.1, 0.15) is 0 Å². The van der Waals surface area contributed by atoms with Gasteiger partial charge in [0.05, 0.1) is 17.7 Å². The molecule has 1 heterocycles. The van der Waals surface area contributed by atoms with Gasteiger partial charge in [0, 0.05) is 16.7 Å². The highest BCUT2D eigenvalue weighted by molar-refractivity contribution is 9.10. The van der Waals surface area contributed by atoms with Gasteiger partial charge in [-0.15, -0.1) is 0 Å². The molecule has 1 aromatic heterocycles. The number of hydrogen-bond acceptors (Lipinski definition) is 2. The van der Waals surface area contributed by atoms with E-state index in [2.05, 4.69) is 62.8 Å². The predicted octanol–water partition coefficient (Wildman–Crippen LogP) is 3.75. The summed E-state index contributed by atoms with van der Waals surface area (Å²) in [7, 11) is 0. The molecule has 0 amide bonds. The van der Waals surface area contributed by atoms with Gasteiger partial charge in [-0.25, -0.2) is 4.98 Å².